The summed E-state index contributed by atoms with van der Waals surface area (Å²) < 4.78 is 16.4. The van der Waals surface area contributed by atoms with Gasteiger partial charge in [0.2, 0.25) is 5.79 Å². The highest BCUT2D eigenvalue weighted by Crippen LogP contribution is 2.56. The normalized spacial score (nSPS) is 26.6. The van der Waals surface area contributed by atoms with Crippen LogP contribution in [0, 0.1) is 6.92 Å². The first-order valence-electron chi connectivity index (χ1n) is 5.37. The molecule has 0 radical (unpaired) electrons. The molecule has 0 N–H and O–H groups in total. The average Bonchev–Trinajstić information content (AvgIpc) is 2.81. The Kier molecular flexibility index (Phi) is 2.48. The molecule has 2 rings (SSSR count). The predicted molar refractivity (Wildman–Crippen MR) is 61.6 cm³/mol. The van der Waals surface area contributed by atoms with E-state index in [0.717, 1.165) is 16.9 Å². The predicted octanol–water partition coefficient (Wildman–Crippen LogP) is 2.61. The first-order valence-corrected chi connectivity index (χ1v) is 5.37. The number of aryl methyl sites for hydroxylation is 1. The zero-order chi connectivity index (χ0) is 12.0. The van der Waals surface area contributed by atoms with E-state index >= 15 is 0 Å². The average molecular weight is 222 g/mol. The van der Waals surface area contributed by atoms with Gasteiger partial charge in [-0.1, -0.05) is 0 Å². The van der Waals surface area contributed by atoms with E-state index in [2.05, 4.69) is 0 Å². The van der Waals surface area contributed by atoms with Crippen LogP contribution in [0.5, 0.6) is 5.75 Å². The molecule has 1 fully saturated rings. The van der Waals surface area contributed by atoms with E-state index in [9.17, 15) is 0 Å². The maximum atomic E-state index is 5.72. The van der Waals surface area contributed by atoms with Crippen molar-refractivity contribution in [1.82, 2.24) is 0 Å². The molecule has 88 valence electrons. The second-order valence-corrected chi connectivity index (χ2v) is 4.61. The lowest BCUT2D eigenvalue weighted by molar-refractivity contribution is -0.0152. The van der Waals surface area contributed by atoms with Crippen LogP contribution in [0.15, 0.2) is 18.2 Å². The fourth-order valence-corrected chi connectivity index (χ4v) is 2.24. The zero-order valence-corrected chi connectivity index (χ0v) is 10.5. The highest BCUT2D eigenvalue weighted by Gasteiger charge is 2.66. The topological polar surface area (TPSA) is 31.0 Å². The van der Waals surface area contributed by atoms with Crippen molar-refractivity contribution in [1.29, 1.82) is 0 Å². The lowest BCUT2D eigenvalue weighted by Crippen LogP contribution is -2.21. The van der Waals surface area contributed by atoms with Crippen molar-refractivity contribution in [2.24, 2.45) is 0 Å². The Hall–Kier alpha value is -1.06. The summed E-state index contributed by atoms with van der Waals surface area (Å²) in [4.78, 5) is 0. The standard InChI is InChI=1S/C13H18O3/c1-9-8-10(14-4)6-7-11(9)13(15-5)12(2,3)16-13/h6-8H,1-5H3. The highest BCUT2D eigenvalue weighted by molar-refractivity contribution is 5.41. The summed E-state index contributed by atoms with van der Waals surface area (Å²) >= 11 is 0. The van der Waals surface area contributed by atoms with Gasteiger partial charge in [-0.3, -0.25) is 0 Å². The van der Waals surface area contributed by atoms with E-state index < -0.39 is 5.79 Å². The molecule has 1 saturated heterocycles. The van der Waals surface area contributed by atoms with E-state index in [1.807, 2.05) is 39.0 Å². The van der Waals surface area contributed by atoms with Gasteiger partial charge in [0.15, 0.2) is 0 Å². The molecule has 1 unspecified atom stereocenters. The van der Waals surface area contributed by atoms with Gasteiger partial charge >= 0.3 is 0 Å². The number of ether oxygens (including phenoxy) is 3. The number of methoxy groups -OCH3 is 2. The van der Waals surface area contributed by atoms with Crippen LogP contribution in [0.25, 0.3) is 0 Å². The third kappa shape index (κ3) is 1.43. The first-order chi connectivity index (χ1) is 7.47. The van der Waals surface area contributed by atoms with Crippen LogP contribution in [0.1, 0.15) is 25.0 Å². The summed E-state index contributed by atoms with van der Waals surface area (Å²) in [6, 6.07) is 5.93. The zero-order valence-electron chi connectivity index (χ0n) is 10.5. The van der Waals surface area contributed by atoms with Gasteiger partial charge in [0.1, 0.15) is 11.4 Å². The highest BCUT2D eigenvalue weighted by atomic mass is 16.8. The summed E-state index contributed by atoms with van der Waals surface area (Å²) in [6.45, 7) is 6.09. The molecule has 1 aromatic rings. The van der Waals surface area contributed by atoms with Crippen LogP contribution in [-0.4, -0.2) is 19.8 Å². The molecule has 0 spiro atoms. The lowest BCUT2D eigenvalue weighted by Gasteiger charge is -2.16. The SMILES string of the molecule is COc1ccc(C2(OC)OC2(C)C)c(C)c1. The van der Waals surface area contributed by atoms with Gasteiger partial charge in [0.05, 0.1) is 7.11 Å². The maximum absolute atomic E-state index is 5.72. The van der Waals surface area contributed by atoms with E-state index in [4.69, 9.17) is 14.2 Å². The van der Waals surface area contributed by atoms with Crippen molar-refractivity contribution in [2.45, 2.75) is 32.2 Å². The summed E-state index contributed by atoms with van der Waals surface area (Å²) in [5.41, 5.74) is 1.92. The van der Waals surface area contributed by atoms with Gasteiger partial charge < -0.3 is 14.2 Å². The fourth-order valence-electron chi connectivity index (χ4n) is 2.24. The minimum Gasteiger partial charge on any atom is -0.497 e. The van der Waals surface area contributed by atoms with Crippen molar-refractivity contribution in [3.05, 3.63) is 29.3 Å². The Morgan fingerprint density at radius 1 is 1.19 bits per heavy atom. The van der Waals surface area contributed by atoms with Crippen LogP contribution in [0.3, 0.4) is 0 Å². The number of hydrogen-bond acceptors (Lipinski definition) is 3. The molecule has 1 heterocycles. The minimum absolute atomic E-state index is 0.263. The van der Waals surface area contributed by atoms with Crippen molar-refractivity contribution in [3.63, 3.8) is 0 Å². The molecule has 1 aliphatic rings. The third-order valence-corrected chi connectivity index (χ3v) is 3.23. The Labute approximate surface area is 96.3 Å². The van der Waals surface area contributed by atoms with Gasteiger partial charge in [-0.05, 0) is 44.5 Å². The number of rotatable bonds is 3. The third-order valence-electron chi connectivity index (χ3n) is 3.23. The van der Waals surface area contributed by atoms with Crippen LogP contribution < -0.4 is 4.74 Å². The van der Waals surface area contributed by atoms with E-state index in [0.29, 0.717) is 0 Å². The molecule has 1 atom stereocenters. The van der Waals surface area contributed by atoms with Crippen LogP contribution >= 0.6 is 0 Å². The van der Waals surface area contributed by atoms with Crippen molar-refractivity contribution < 1.29 is 14.2 Å². The van der Waals surface area contributed by atoms with E-state index in [-0.39, 0.29) is 5.60 Å². The molecular formula is C13H18O3. The number of benzene rings is 1. The summed E-state index contributed by atoms with van der Waals surface area (Å²) in [6.07, 6.45) is 0. The monoisotopic (exact) mass is 222 g/mol. The molecule has 0 bridgehead atoms. The Morgan fingerprint density at radius 2 is 1.81 bits per heavy atom. The molecule has 1 aliphatic heterocycles. The van der Waals surface area contributed by atoms with Crippen LogP contribution in [-0.2, 0) is 15.3 Å². The second kappa shape index (κ2) is 3.47. The second-order valence-electron chi connectivity index (χ2n) is 4.61. The molecule has 16 heavy (non-hydrogen) atoms. The van der Waals surface area contributed by atoms with Crippen molar-refractivity contribution in [2.75, 3.05) is 14.2 Å². The largest absolute Gasteiger partial charge is 0.497 e. The Morgan fingerprint density at radius 3 is 2.19 bits per heavy atom. The molecule has 3 nitrogen and oxygen atoms in total. The summed E-state index contributed by atoms with van der Waals surface area (Å²) in [7, 11) is 3.34. The van der Waals surface area contributed by atoms with Gasteiger partial charge in [-0.15, -0.1) is 0 Å². The molecular weight excluding hydrogens is 204 g/mol. The van der Waals surface area contributed by atoms with Gasteiger partial charge in [0, 0.05) is 12.7 Å². The summed E-state index contributed by atoms with van der Waals surface area (Å²) in [5.74, 6) is 0.259. The number of hydrogen-bond donors (Lipinski definition) is 0. The van der Waals surface area contributed by atoms with Gasteiger partial charge in [-0.2, -0.15) is 0 Å². The van der Waals surface area contributed by atoms with Crippen LogP contribution in [0.4, 0.5) is 0 Å². The quantitative estimate of drug-likeness (QED) is 0.737. The smallest absolute Gasteiger partial charge is 0.225 e. The molecule has 0 saturated carbocycles. The van der Waals surface area contributed by atoms with Crippen molar-refractivity contribution >= 4 is 0 Å². The van der Waals surface area contributed by atoms with Gasteiger partial charge in [0.25, 0.3) is 0 Å². The molecule has 0 amide bonds. The molecule has 0 aliphatic carbocycles. The number of epoxide rings is 1. The van der Waals surface area contributed by atoms with Gasteiger partial charge in [-0.25, -0.2) is 0 Å². The van der Waals surface area contributed by atoms with Crippen LogP contribution in [0.2, 0.25) is 0 Å². The Balaban J connectivity index is 2.42. The maximum Gasteiger partial charge on any atom is 0.225 e. The first kappa shape index (κ1) is 11.4. The fraction of sp³-hybridized carbons (Fsp3) is 0.538. The lowest BCUT2D eigenvalue weighted by atomic mass is 9.95. The molecule has 3 heteroatoms. The summed E-state index contributed by atoms with van der Waals surface area (Å²) in [5, 5.41) is 0. The van der Waals surface area contributed by atoms with Crippen molar-refractivity contribution in [3.8, 4) is 5.75 Å². The molecule has 0 aromatic heterocycles. The van der Waals surface area contributed by atoms with E-state index in [1.54, 1.807) is 14.2 Å². The van der Waals surface area contributed by atoms with E-state index in [1.165, 1.54) is 0 Å². The molecule has 1 aromatic carbocycles. The minimum atomic E-state index is -0.594. The Bertz CT molecular complexity index is 412.